The molecule has 6 rings (SSSR count). The van der Waals surface area contributed by atoms with E-state index in [9.17, 15) is 14.4 Å². The number of piperidine rings is 2. The van der Waals surface area contributed by atoms with Crippen LogP contribution in [0.4, 0.5) is 10.5 Å². The van der Waals surface area contributed by atoms with Crippen LogP contribution in [0, 0.1) is 15.4 Å². The fourth-order valence-corrected chi connectivity index (χ4v) is 8.47. The molecule has 0 bridgehead atoms. The predicted molar refractivity (Wildman–Crippen MR) is 185 cm³/mol. The molecule has 1 aliphatic carbocycles. The van der Waals surface area contributed by atoms with Gasteiger partial charge >= 0.3 is 6.03 Å². The lowest BCUT2D eigenvalue weighted by Gasteiger charge is -2.49. The Morgan fingerprint density at radius 1 is 1.09 bits per heavy atom. The smallest absolute Gasteiger partial charge is 0.319 e. The first-order valence-electron chi connectivity index (χ1n) is 15.6. The van der Waals surface area contributed by atoms with Gasteiger partial charge in [0.1, 0.15) is 17.3 Å². The van der Waals surface area contributed by atoms with Crippen molar-refractivity contribution >= 4 is 69.3 Å². The number of amides is 4. The highest BCUT2D eigenvalue weighted by Crippen LogP contribution is 2.58. The fourth-order valence-electron chi connectivity index (χ4n) is 7.54. The third kappa shape index (κ3) is 5.96. The van der Waals surface area contributed by atoms with Crippen LogP contribution in [0.1, 0.15) is 56.7 Å². The zero-order valence-electron chi connectivity index (χ0n) is 25.3. The lowest BCUT2D eigenvalue weighted by Crippen LogP contribution is -2.59. The van der Waals surface area contributed by atoms with Crippen molar-refractivity contribution in [3.63, 3.8) is 0 Å². The largest absolute Gasteiger partial charge is 0.490 e. The number of carbonyl (C=O) groups is 3. The van der Waals surface area contributed by atoms with Gasteiger partial charge in [-0.3, -0.25) is 9.59 Å². The number of benzene rings is 2. The van der Waals surface area contributed by atoms with E-state index >= 15 is 0 Å². The van der Waals surface area contributed by atoms with Crippen molar-refractivity contribution in [2.24, 2.45) is 11.8 Å². The molecule has 11 heteroatoms. The molecule has 4 aliphatic rings. The maximum atomic E-state index is 14.5. The zero-order valence-corrected chi connectivity index (χ0v) is 29.0. The maximum Gasteiger partial charge on any atom is 0.319 e. The Bertz CT molecular complexity index is 1570. The average molecular weight is 764 g/mol. The second kappa shape index (κ2) is 13.2. The highest BCUT2D eigenvalue weighted by atomic mass is 127. The van der Waals surface area contributed by atoms with Gasteiger partial charge in [0.05, 0.1) is 6.04 Å². The topological polar surface area (TPSA) is 91.0 Å². The lowest BCUT2D eigenvalue weighted by atomic mass is 9.57. The van der Waals surface area contributed by atoms with Gasteiger partial charge in [-0.1, -0.05) is 41.4 Å². The van der Waals surface area contributed by atoms with Gasteiger partial charge in [0.2, 0.25) is 11.8 Å². The summed E-state index contributed by atoms with van der Waals surface area (Å²) in [7, 11) is 0. The van der Waals surface area contributed by atoms with Crippen molar-refractivity contribution in [1.29, 1.82) is 0 Å². The quantitative estimate of drug-likeness (QED) is 0.310. The number of hydrogen-bond acceptors (Lipinski definition) is 4. The molecule has 45 heavy (non-hydrogen) atoms. The molecule has 238 valence electrons. The third-order valence-corrected chi connectivity index (χ3v) is 10.9. The molecule has 2 fully saturated rings. The number of ether oxygens (including phenoxy) is 1. The summed E-state index contributed by atoms with van der Waals surface area (Å²) in [5.74, 6) is -0.193. The molecule has 1 unspecified atom stereocenters. The number of halogens is 3. The molecule has 2 aromatic rings. The van der Waals surface area contributed by atoms with E-state index in [1.165, 1.54) is 0 Å². The second-order valence-electron chi connectivity index (χ2n) is 12.1. The number of urea groups is 1. The molecular formula is C34H37Cl2IN4O4. The number of anilines is 1. The maximum absolute atomic E-state index is 14.5. The number of fused-ring (bicyclic) bond motifs is 2. The summed E-state index contributed by atoms with van der Waals surface area (Å²) in [4.78, 5) is 44.7. The van der Waals surface area contributed by atoms with Gasteiger partial charge in [-0.05, 0) is 96.7 Å². The van der Waals surface area contributed by atoms with Crippen LogP contribution < -0.4 is 15.4 Å². The Labute approximate surface area is 287 Å². The Kier molecular flexibility index (Phi) is 9.41. The molecule has 8 nitrogen and oxygen atoms in total. The molecule has 0 radical (unpaired) electrons. The molecule has 2 saturated heterocycles. The van der Waals surface area contributed by atoms with Crippen LogP contribution in [0.15, 0.2) is 59.7 Å². The van der Waals surface area contributed by atoms with E-state index in [0.29, 0.717) is 66.9 Å². The van der Waals surface area contributed by atoms with Gasteiger partial charge in [0.25, 0.3) is 0 Å². The summed E-state index contributed by atoms with van der Waals surface area (Å²) in [6, 6.07) is 10.8. The molecule has 0 saturated carbocycles. The van der Waals surface area contributed by atoms with E-state index in [1.54, 1.807) is 12.1 Å². The second-order valence-corrected chi connectivity index (χ2v) is 14.3. The van der Waals surface area contributed by atoms with Crippen LogP contribution in [0.25, 0.3) is 0 Å². The average Bonchev–Trinajstić information content (AvgIpc) is 3.30. The van der Waals surface area contributed by atoms with Crippen LogP contribution in [-0.4, -0.2) is 59.9 Å². The predicted octanol–water partition coefficient (Wildman–Crippen LogP) is 7.02. The minimum atomic E-state index is -1.14. The number of nitrogens with zero attached hydrogens (tertiary/aromatic N) is 2. The third-order valence-electron chi connectivity index (χ3n) is 9.71. The summed E-state index contributed by atoms with van der Waals surface area (Å²) < 4.78 is 7.67. The summed E-state index contributed by atoms with van der Waals surface area (Å²) in [5.41, 5.74) is 1.07. The van der Waals surface area contributed by atoms with Crippen molar-refractivity contribution < 1.29 is 19.1 Å². The summed E-state index contributed by atoms with van der Waals surface area (Å²) in [6.07, 6.45) is 7.80. The normalized spacial score (nSPS) is 26.3. The highest BCUT2D eigenvalue weighted by Gasteiger charge is 2.62. The van der Waals surface area contributed by atoms with Crippen molar-refractivity contribution in [2.75, 3.05) is 31.5 Å². The Morgan fingerprint density at radius 2 is 1.84 bits per heavy atom. The minimum Gasteiger partial charge on any atom is -0.490 e. The molecule has 3 aliphatic heterocycles. The highest BCUT2D eigenvalue weighted by molar-refractivity contribution is 14.1. The molecule has 0 aromatic heterocycles. The van der Waals surface area contributed by atoms with Crippen LogP contribution in [0.5, 0.6) is 5.75 Å². The molecule has 2 N–H and O–H groups in total. The van der Waals surface area contributed by atoms with E-state index in [2.05, 4.69) is 39.3 Å². The van der Waals surface area contributed by atoms with E-state index in [1.807, 2.05) is 60.1 Å². The summed E-state index contributed by atoms with van der Waals surface area (Å²) >= 11 is 15.2. The van der Waals surface area contributed by atoms with Gasteiger partial charge in [0.15, 0.2) is 0 Å². The van der Waals surface area contributed by atoms with Crippen molar-refractivity contribution in [3.8, 4) is 5.75 Å². The molecule has 4 atom stereocenters. The molecule has 2 aromatic carbocycles. The summed E-state index contributed by atoms with van der Waals surface area (Å²) in [6.45, 7) is 6.54. The van der Waals surface area contributed by atoms with Crippen LogP contribution in [-0.2, 0) is 15.0 Å². The van der Waals surface area contributed by atoms with Crippen LogP contribution in [0.2, 0.25) is 5.02 Å². The van der Waals surface area contributed by atoms with Gasteiger partial charge in [0, 0.05) is 70.3 Å². The van der Waals surface area contributed by atoms with Gasteiger partial charge in [-0.25, -0.2) is 4.79 Å². The molecule has 4 amide bonds. The van der Waals surface area contributed by atoms with E-state index < -0.39 is 11.5 Å². The minimum absolute atomic E-state index is 0.0593. The van der Waals surface area contributed by atoms with Crippen LogP contribution in [0.3, 0.4) is 0 Å². The van der Waals surface area contributed by atoms with Crippen molar-refractivity contribution in [3.05, 3.63) is 79.4 Å². The van der Waals surface area contributed by atoms with Gasteiger partial charge < -0.3 is 25.2 Å². The number of allylic oxidation sites excluding steroid dienone is 4. The van der Waals surface area contributed by atoms with Gasteiger partial charge in [-0.2, -0.15) is 0 Å². The molecule has 1 spiro atoms. The first-order chi connectivity index (χ1) is 21.6. The van der Waals surface area contributed by atoms with E-state index in [4.69, 9.17) is 27.9 Å². The Balaban J connectivity index is 1.38. The standard InChI is InChI=1S/C34H37Cl2IN4O4/c1-3-40(4-2)33(44)41-14-12-24(13-15-41)45-29-11-9-23(37)18-25(29)31-34(26-10-8-22(36)17-28(26)38-32(34)43)27(19-30(42)39-31)20-6-5-7-21(35)16-20/h5-11,17-18,20,24,27,31H,3-4,12-16,19H2,1-2H3,(H,38,43)(H,39,42)/t20?,27-,31+,34-/m0/s1. The number of hydrogen-bond donors (Lipinski definition) is 2. The van der Waals surface area contributed by atoms with Gasteiger partial charge in [-0.15, -0.1) is 0 Å². The molecular weight excluding hydrogens is 726 g/mol. The lowest BCUT2D eigenvalue weighted by molar-refractivity contribution is -0.135. The van der Waals surface area contributed by atoms with E-state index in [-0.39, 0.29) is 42.2 Å². The van der Waals surface area contributed by atoms with E-state index in [0.717, 1.165) is 14.7 Å². The fraction of sp³-hybridized carbons (Fsp3) is 0.441. The monoisotopic (exact) mass is 762 g/mol. The Morgan fingerprint density at radius 3 is 2.56 bits per heavy atom. The molecule has 3 heterocycles. The number of rotatable bonds is 6. The summed E-state index contributed by atoms with van der Waals surface area (Å²) in [5, 5.41) is 7.56. The first-order valence-corrected chi connectivity index (χ1v) is 17.4. The first kappa shape index (κ1) is 32.2. The number of likely N-dealkylation sites (tertiary alicyclic amines) is 1. The van der Waals surface area contributed by atoms with Crippen LogP contribution >= 0.6 is 45.8 Å². The Hall–Kier alpha value is -2.76. The number of nitrogens with one attached hydrogen (secondary N) is 2. The van der Waals surface area contributed by atoms with Crippen molar-refractivity contribution in [1.82, 2.24) is 15.1 Å². The SMILES string of the molecule is CCN(CC)C(=O)N1CCC(Oc2ccc(I)cc2[C@H]2NC(=O)C[C@@H](C3C=CC=C(Cl)C3)[C@]23C(=O)Nc2cc(Cl)ccc23)CC1. The zero-order chi connectivity index (χ0) is 31.9. The number of carbonyl (C=O) groups excluding carboxylic acids is 3. The van der Waals surface area contributed by atoms with Crippen molar-refractivity contribution in [2.45, 2.75) is 57.1 Å².